The number of hydrogen-bond acceptors (Lipinski definition) is 3. The van der Waals surface area contributed by atoms with Crippen molar-refractivity contribution < 1.29 is 8.42 Å². The lowest BCUT2D eigenvalue weighted by molar-refractivity contribution is 0.564. The van der Waals surface area contributed by atoms with E-state index in [9.17, 15) is 8.42 Å². The highest BCUT2D eigenvalue weighted by molar-refractivity contribution is 7.91. The highest BCUT2D eigenvalue weighted by atomic mass is 35.5. The maximum Gasteiger partial charge on any atom is 0.180 e. The summed E-state index contributed by atoms with van der Waals surface area (Å²) in [5, 5.41) is 0.198. The minimum atomic E-state index is -3.31. The van der Waals surface area contributed by atoms with Gasteiger partial charge in [0.25, 0.3) is 0 Å². The van der Waals surface area contributed by atoms with Crippen LogP contribution in [0.25, 0.3) is 0 Å². The number of nitrogens with two attached hydrogens (primary N) is 1. The Morgan fingerprint density at radius 2 is 2.06 bits per heavy atom. The van der Waals surface area contributed by atoms with Gasteiger partial charge in [0.15, 0.2) is 9.84 Å². The van der Waals surface area contributed by atoms with Crippen LogP contribution >= 0.6 is 11.6 Å². The average Bonchev–Trinajstić information content (AvgIpc) is 2.16. The van der Waals surface area contributed by atoms with Crippen LogP contribution in [0.5, 0.6) is 0 Å². The summed E-state index contributed by atoms with van der Waals surface area (Å²) in [6.45, 7) is 3.87. The highest BCUT2D eigenvalue weighted by Crippen LogP contribution is 2.26. The van der Waals surface area contributed by atoms with E-state index in [1.54, 1.807) is 6.07 Å². The Kier molecular flexibility index (Phi) is 4.21. The number of sulfone groups is 1. The Morgan fingerprint density at radius 1 is 1.44 bits per heavy atom. The minimum absolute atomic E-state index is 0.118. The van der Waals surface area contributed by atoms with Gasteiger partial charge in [-0.3, -0.25) is 0 Å². The van der Waals surface area contributed by atoms with Gasteiger partial charge in [-0.05, 0) is 24.1 Å². The fourth-order valence-electron chi connectivity index (χ4n) is 1.35. The van der Waals surface area contributed by atoms with Gasteiger partial charge in [0.2, 0.25) is 0 Å². The molecule has 2 N–H and O–H groups in total. The van der Waals surface area contributed by atoms with Crippen molar-refractivity contribution in [3.8, 4) is 0 Å². The first kappa shape index (κ1) is 13.3. The van der Waals surface area contributed by atoms with Crippen LogP contribution in [0.4, 0.5) is 5.69 Å². The maximum atomic E-state index is 12.0. The van der Waals surface area contributed by atoms with Gasteiger partial charge < -0.3 is 5.73 Å². The van der Waals surface area contributed by atoms with Crippen LogP contribution in [0.3, 0.4) is 0 Å². The van der Waals surface area contributed by atoms with Gasteiger partial charge in [-0.25, -0.2) is 8.42 Å². The molecule has 1 unspecified atom stereocenters. The van der Waals surface area contributed by atoms with Gasteiger partial charge in [-0.1, -0.05) is 31.9 Å². The van der Waals surface area contributed by atoms with Crippen LogP contribution in [-0.4, -0.2) is 14.2 Å². The van der Waals surface area contributed by atoms with Gasteiger partial charge in [-0.2, -0.15) is 0 Å². The van der Waals surface area contributed by atoms with E-state index in [0.29, 0.717) is 5.69 Å². The predicted molar refractivity (Wildman–Crippen MR) is 67.4 cm³/mol. The molecule has 0 aliphatic carbocycles. The summed E-state index contributed by atoms with van der Waals surface area (Å²) in [6, 6.07) is 4.48. The Bertz CT molecular complexity index is 471. The third-order valence-corrected chi connectivity index (χ3v) is 4.95. The third kappa shape index (κ3) is 3.12. The van der Waals surface area contributed by atoms with Gasteiger partial charge >= 0.3 is 0 Å². The van der Waals surface area contributed by atoms with Gasteiger partial charge in [0.1, 0.15) is 0 Å². The minimum Gasteiger partial charge on any atom is -0.399 e. The van der Waals surface area contributed by atoms with E-state index >= 15 is 0 Å². The van der Waals surface area contributed by atoms with Crippen LogP contribution in [-0.2, 0) is 9.84 Å². The molecule has 1 aromatic carbocycles. The first-order valence-corrected chi connectivity index (χ1v) is 7.17. The smallest absolute Gasteiger partial charge is 0.180 e. The zero-order valence-electron chi connectivity index (χ0n) is 9.40. The lowest BCUT2D eigenvalue weighted by Crippen LogP contribution is -2.14. The summed E-state index contributed by atoms with van der Waals surface area (Å²) in [7, 11) is -3.31. The van der Waals surface area contributed by atoms with Crippen molar-refractivity contribution in [1.29, 1.82) is 0 Å². The summed E-state index contributed by atoms with van der Waals surface area (Å²) in [5.41, 5.74) is 5.98. The zero-order chi connectivity index (χ0) is 12.3. The van der Waals surface area contributed by atoms with Gasteiger partial charge in [-0.15, -0.1) is 0 Å². The Morgan fingerprint density at radius 3 is 2.56 bits per heavy atom. The fourth-order valence-corrected chi connectivity index (χ4v) is 3.69. The fraction of sp³-hybridized carbons (Fsp3) is 0.455. The van der Waals surface area contributed by atoms with Crippen molar-refractivity contribution in [3.63, 3.8) is 0 Å². The van der Waals surface area contributed by atoms with Crippen LogP contribution in [0.2, 0.25) is 5.02 Å². The largest absolute Gasteiger partial charge is 0.399 e. The van der Waals surface area contributed by atoms with Crippen molar-refractivity contribution in [2.45, 2.75) is 25.2 Å². The zero-order valence-corrected chi connectivity index (χ0v) is 11.0. The Labute approximate surface area is 102 Å². The quantitative estimate of drug-likeness (QED) is 0.848. The predicted octanol–water partition coefficient (Wildman–Crippen LogP) is 2.74. The van der Waals surface area contributed by atoms with Gasteiger partial charge in [0.05, 0.1) is 15.7 Å². The molecule has 0 heterocycles. The van der Waals surface area contributed by atoms with E-state index in [1.807, 2.05) is 13.8 Å². The topological polar surface area (TPSA) is 60.2 Å². The van der Waals surface area contributed by atoms with Crippen molar-refractivity contribution >= 4 is 27.1 Å². The number of anilines is 1. The first-order chi connectivity index (χ1) is 7.36. The molecular formula is C11H16ClNO2S. The van der Waals surface area contributed by atoms with E-state index in [4.69, 9.17) is 17.3 Å². The molecule has 90 valence electrons. The second kappa shape index (κ2) is 5.06. The number of benzene rings is 1. The van der Waals surface area contributed by atoms with E-state index in [2.05, 4.69) is 0 Å². The van der Waals surface area contributed by atoms with Crippen LogP contribution < -0.4 is 5.73 Å². The second-order valence-corrected chi connectivity index (χ2v) is 6.39. The summed E-state index contributed by atoms with van der Waals surface area (Å²) in [5.74, 6) is 0.242. The molecule has 0 spiro atoms. The molecule has 0 aliphatic rings. The summed E-state index contributed by atoms with van der Waals surface area (Å²) in [6.07, 6.45) is 0.825. The summed E-state index contributed by atoms with van der Waals surface area (Å²) in [4.78, 5) is 0.170. The lowest BCUT2D eigenvalue weighted by Gasteiger charge is -2.11. The third-order valence-electron chi connectivity index (χ3n) is 2.49. The van der Waals surface area contributed by atoms with E-state index in [0.717, 1.165) is 6.42 Å². The summed E-state index contributed by atoms with van der Waals surface area (Å²) >= 11 is 5.88. The molecule has 16 heavy (non-hydrogen) atoms. The molecule has 3 nitrogen and oxygen atoms in total. The molecule has 0 amide bonds. The van der Waals surface area contributed by atoms with Crippen LogP contribution in [0.1, 0.15) is 20.3 Å². The van der Waals surface area contributed by atoms with Crippen molar-refractivity contribution in [2.75, 3.05) is 11.5 Å². The number of halogens is 1. The molecule has 0 fully saturated rings. The molecule has 1 rings (SSSR count). The monoisotopic (exact) mass is 261 g/mol. The van der Waals surface area contributed by atoms with Crippen molar-refractivity contribution in [1.82, 2.24) is 0 Å². The van der Waals surface area contributed by atoms with Crippen molar-refractivity contribution in [3.05, 3.63) is 23.2 Å². The average molecular weight is 262 g/mol. The Balaban J connectivity index is 3.08. The second-order valence-electron chi connectivity index (χ2n) is 3.98. The van der Waals surface area contributed by atoms with E-state index < -0.39 is 9.84 Å². The van der Waals surface area contributed by atoms with E-state index in [-0.39, 0.29) is 21.6 Å². The molecule has 0 aliphatic heterocycles. The van der Waals surface area contributed by atoms with Gasteiger partial charge in [0, 0.05) is 5.69 Å². The molecule has 0 bridgehead atoms. The Hall–Kier alpha value is -0.740. The molecule has 0 saturated heterocycles. The molecule has 5 heteroatoms. The van der Waals surface area contributed by atoms with E-state index in [1.165, 1.54) is 12.1 Å². The molecule has 0 saturated carbocycles. The van der Waals surface area contributed by atoms with Crippen LogP contribution in [0, 0.1) is 5.92 Å². The molecule has 1 aromatic rings. The molecule has 0 radical (unpaired) electrons. The van der Waals surface area contributed by atoms with Crippen molar-refractivity contribution in [2.24, 2.45) is 5.92 Å². The number of rotatable bonds is 4. The normalized spacial score (nSPS) is 13.7. The maximum absolute atomic E-state index is 12.0. The number of nitrogen functional groups attached to an aromatic ring is 1. The lowest BCUT2D eigenvalue weighted by atomic mass is 10.2. The molecule has 1 atom stereocenters. The number of hydrogen-bond donors (Lipinski definition) is 1. The summed E-state index contributed by atoms with van der Waals surface area (Å²) < 4.78 is 24.0. The SMILES string of the molecule is CCC(C)CS(=O)(=O)c1ccc(N)cc1Cl. The highest BCUT2D eigenvalue weighted by Gasteiger charge is 2.20. The standard InChI is InChI=1S/C11H16ClNO2S/c1-3-8(2)7-16(14,15)11-5-4-9(13)6-10(11)12/h4-6,8H,3,7,13H2,1-2H3. The molecular weight excluding hydrogens is 246 g/mol. The van der Waals surface area contributed by atoms with Crippen LogP contribution in [0.15, 0.2) is 23.1 Å². The molecule has 0 aromatic heterocycles. The first-order valence-electron chi connectivity index (χ1n) is 5.14.